The maximum absolute atomic E-state index is 13.2. The van der Waals surface area contributed by atoms with Crippen LogP contribution in [0.5, 0.6) is 0 Å². The van der Waals surface area contributed by atoms with Gasteiger partial charge in [-0.1, -0.05) is 30.3 Å². The Bertz CT molecular complexity index is 670. The summed E-state index contributed by atoms with van der Waals surface area (Å²) in [5.41, 5.74) is 1.28. The second-order valence-electron chi connectivity index (χ2n) is 8.68. The third-order valence-electron chi connectivity index (χ3n) is 6.70. The van der Waals surface area contributed by atoms with E-state index in [9.17, 15) is 9.59 Å². The lowest BCUT2D eigenvalue weighted by Gasteiger charge is -2.38. The molecule has 5 heteroatoms. The van der Waals surface area contributed by atoms with Crippen molar-refractivity contribution in [1.82, 2.24) is 14.7 Å². The number of hydrogen-bond acceptors (Lipinski definition) is 3. The van der Waals surface area contributed by atoms with Crippen LogP contribution in [0.1, 0.15) is 50.5 Å². The summed E-state index contributed by atoms with van der Waals surface area (Å²) in [4.78, 5) is 31.7. The molecule has 3 saturated heterocycles. The molecule has 152 valence electrons. The van der Waals surface area contributed by atoms with E-state index in [4.69, 9.17) is 0 Å². The van der Waals surface area contributed by atoms with Gasteiger partial charge in [0.2, 0.25) is 11.8 Å². The summed E-state index contributed by atoms with van der Waals surface area (Å²) in [5, 5.41) is 0. The molecule has 0 N–H and O–H groups in total. The van der Waals surface area contributed by atoms with Crippen molar-refractivity contribution in [3.05, 3.63) is 35.9 Å². The fourth-order valence-electron chi connectivity index (χ4n) is 5.03. The summed E-state index contributed by atoms with van der Waals surface area (Å²) in [5.74, 6) is 1.20. The highest BCUT2D eigenvalue weighted by molar-refractivity contribution is 5.82. The molecule has 4 rings (SSSR count). The highest BCUT2D eigenvalue weighted by atomic mass is 16.2. The van der Waals surface area contributed by atoms with Crippen molar-refractivity contribution < 1.29 is 9.59 Å². The maximum atomic E-state index is 13.2. The highest BCUT2D eigenvalue weighted by Crippen LogP contribution is 2.26. The molecule has 2 amide bonds. The molecule has 3 heterocycles. The molecule has 0 aromatic heterocycles. The molecule has 1 atom stereocenters. The van der Waals surface area contributed by atoms with Crippen LogP contribution in [0.15, 0.2) is 30.3 Å². The molecular weight excluding hydrogens is 350 g/mol. The van der Waals surface area contributed by atoms with E-state index in [1.54, 1.807) is 0 Å². The predicted octanol–water partition coefficient (Wildman–Crippen LogP) is 2.90. The van der Waals surface area contributed by atoms with Gasteiger partial charge in [0, 0.05) is 39.1 Å². The molecule has 28 heavy (non-hydrogen) atoms. The Hall–Kier alpha value is -1.88. The van der Waals surface area contributed by atoms with E-state index < -0.39 is 0 Å². The molecule has 5 nitrogen and oxygen atoms in total. The molecule has 1 aromatic rings. The Kier molecular flexibility index (Phi) is 6.30. The summed E-state index contributed by atoms with van der Waals surface area (Å²) in [7, 11) is 0. The number of rotatable bonds is 5. The van der Waals surface area contributed by atoms with Crippen LogP contribution in [0, 0.1) is 5.92 Å². The minimum Gasteiger partial charge on any atom is -0.342 e. The molecular formula is C23H33N3O2. The zero-order valence-electron chi connectivity index (χ0n) is 16.9. The number of benzene rings is 1. The topological polar surface area (TPSA) is 43.9 Å². The van der Waals surface area contributed by atoms with Crippen molar-refractivity contribution >= 4 is 11.8 Å². The van der Waals surface area contributed by atoms with Crippen LogP contribution in [-0.2, 0) is 16.1 Å². The van der Waals surface area contributed by atoms with Gasteiger partial charge in [-0.3, -0.25) is 14.5 Å². The van der Waals surface area contributed by atoms with Gasteiger partial charge >= 0.3 is 0 Å². The Morgan fingerprint density at radius 2 is 1.71 bits per heavy atom. The van der Waals surface area contributed by atoms with Gasteiger partial charge in [-0.2, -0.15) is 0 Å². The third-order valence-corrected chi connectivity index (χ3v) is 6.70. The zero-order valence-corrected chi connectivity index (χ0v) is 16.9. The molecule has 1 unspecified atom stereocenters. The summed E-state index contributed by atoms with van der Waals surface area (Å²) < 4.78 is 0. The Labute approximate surface area is 168 Å². The van der Waals surface area contributed by atoms with Crippen molar-refractivity contribution in [3.8, 4) is 0 Å². The van der Waals surface area contributed by atoms with Crippen LogP contribution in [0.4, 0.5) is 0 Å². The lowest BCUT2D eigenvalue weighted by molar-refractivity contribution is -0.139. The minimum atomic E-state index is 0.0421. The van der Waals surface area contributed by atoms with E-state index in [1.807, 2.05) is 6.07 Å². The van der Waals surface area contributed by atoms with Crippen molar-refractivity contribution in [2.24, 2.45) is 5.92 Å². The van der Waals surface area contributed by atoms with Crippen molar-refractivity contribution in [2.75, 3.05) is 32.7 Å². The van der Waals surface area contributed by atoms with Crippen LogP contribution in [0.2, 0.25) is 0 Å². The second-order valence-corrected chi connectivity index (χ2v) is 8.68. The number of hydrogen-bond donors (Lipinski definition) is 0. The molecule has 0 aliphatic carbocycles. The first-order chi connectivity index (χ1) is 13.7. The van der Waals surface area contributed by atoms with Gasteiger partial charge in [0.1, 0.15) is 0 Å². The van der Waals surface area contributed by atoms with E-state index in [0.29, 0.717) is 17.7 Å². The number of likely N-dealkylation sites (tertiary alicyclic amines) is 3. The average Bonchev–Trinajstić information content (AvgIpc) is 3.18. The Morgan fingerprint density at radius 3 is 2.46 bits per heavy atom. The van der Waals surface area contributed by atoms with Gasteiger partial charge in [-0.05, 0) is 56.6 Å². The molecule has 0 radical (unpaired) electrons. The van der Waals surface area contributed by atoms with Crippen molar-refractivity contribution in [3.63, 3.8) is 0 Å². The summed E-state index contributed by atoms with van der Waals surface area (Å²) in [6.07, 6.45) is 7.05. The normalized spacial score (nSPS) is 24.7. The molecule has 3 aliphatic rings. The molecule has 3 aliphatic heterocycles. The van der Waals surface area contributed by atoms with Gasteiger partial charge in [-0.25, -0.2) is 0 Å². The number of nitrogens with zero attached hydrogens (tertiary/aromatic N) is 3. The molecule has 3 fully saturated rings. The smallest absolute Gasteiger partial charge is 0.239 e. The Balaban J connectivity index is 1.28. The first-order valence-electron chi connectivity index (χ1n) is 11.1. The van der Waals surface area contributed by atoms with Crippen LogP contribution in [0.3, 0.4) is 0 Å². The third kappa shape index (κ3) is 4.57. The number of carbonyl (C=O) groups excluding carboxylic acids is 2. The van der Waals surface area contributed by atoms with E-state index >= 15 is 0 Å². The van der Waals surface area contributed by atoms with Crippen molar-refractivity contribution in [1.29, 1.82) is 0 Å². The van der Waals surface area contributed by atoms with E-state index in [0.717, 1.165) is 84.2 Å². The number of amides is 2. The lowest BCUT2D eigenvalue weighted by atomic mass is 9.94. The minimum absolute atomic E-state index is 0.0421. The number of piperidine rings is 2. The van der Waals surface area contributed by atoms with Gasteiger partial charge < -0.3 is 9.80 Å². The largest absolute Gasteiger partial charge is 0.342 e. The molecule has 0 bridgehead atoms. The monoisotopic (exact) mass is 383 g/mol. The standard InChI is InChI=1S/C23H33N3O2/c27-22-10-4-5-13-26(22)18-20-11-15-24(16-12-20)23(28)21-9-6-14-25(21)17-19-7-2-1-3-8-19/h1-3,7-8,20-21H,4-6,9-18H2. The van der Waals surface area contributed by atoms with Crippen LogP contribution < -0.4 is 0 Å². The van der Waals surface area contributed by atoms with Crippen LogP contribution in [-0.4, -0.2) is 65.3 Å². The van der Waals surface area contributed by atoms with Gasteiger partial charge in [0.15, 0.2) is 0 Å². The predicted molar refractivity (Wildman–Crippen MR) is 110 cm³/mol. The lowest BCUT2D eigenvalue weighted by Crippen LogP contribution is -2.49. The van der Waals surface area contributed by atoms with E-state index in [1.165, 1.54) is 5.56 Å². The van der Waals surface area contributed by atoms with Crippen LogP contribution in [0.25, 0.3) is 0 Å². The summed E-state index contributed by atoms with van der Waals surface area (Å²) >= 11 is 0. The molecule has 0 saturated carbocycles. The number of carbonyl (C=O) groups is 2. The zero-order chi connectivity index (χ0) is 19.3. The maximum Gasteiger partial charge on any atom is 0.239 e. The van der Waals surface area contributed by atoms with E-state index in [2.05, 4.69) is 39.0 Å². The van der Waals surface area contributed by atoms with Crippen LogP contribution >= 0.6 is 0 Å². The quantitative estimate of drug-likeness (QED) is 0.785. The van der Waals surface area contributed by atoms with Gasteiger partial charge in [0.25, 0.3) is 0 Å². The van der Waals surface area contributed by atoms with Crippen molar-refractivity contribution in [2.45, 2.75) is 57.5 Å². The fraction of sp³-hybridized carbons (Fsp3) is 0.652. The Morgan fingerprint density at radius 1 is 0.929 bits per heavy atom. The highest BCUT2D eigenvalue weighted by Gasteiger charge is 2.35. The summed E-state index contributed by atoms with van der Waals surface area (Å²) in [6.45, 7) is 5.39. The SMILES string of the molecule is O=C1CCCCN1CC1CCN(C(=O)C2CCCN2Cc2ccccc2)CC1. The fourth-order valence-corrected chi connectivity index (χ4v) is 5.03. The first-order valence-corrected chi connectivity index (χ1v) is 11.1. The van der Waals surface area contributed by atoms with E-state index in [-0.39, 0.29) is 6.04 Å². The second kappa shape index (κ2) is 9.08. The first kappa shape index (κ1) is 19.4. The molecule has 0 spiro atoms. The van der Waals surface area contributed by atoms with Gasteiger partial charge in [-0.15, -0.1) is 0 Å². The van der Waals surface area contributed by atoms with Gasteiger partial charge in [0.05, 0.1) is 6.04 Å². The molecule has 1 aromatic carbocycles. The summed E-state index contributed by atoms with van der Waals surface area (Å²) in [6, 6.07) is 10.5. The average molecular weight is 384 g/mol.